The molecule has 0 radical (unpaired) electrons. The maximum Gasteiger partial charge on any atom is 0.139 e. The molecule has 0 saturated carbocycles. The largest absolute Gasteiger partial charge is 0.373 e. The van der Waals surface area contributed by atoms with Crippen molar-refractivity contribution in [1.82, 2.24) is 9.97 Å². The molecular formula is C16H21ClN4. The van der Waals surface area contributed by atoms with Gasteiger partial charge < -0.3 is 10.6 Å². The van der Waals surface area contributed by atoms with E-state index < -0.39 is 0 Å². The summed E-state index contributed by atoms with van der Waals surface area (Å²) < 4.78 is 0. The third-order valence-corrected chi connectivity index (χ3v) is 3.59. The minimum atomic E-state index is 0.691. The van der Waals surface area contributed by atoms with Gasteiger partial charge in [0.1, 0.15) is 17.5 Å². The monoisotopic (exact) mass is 304 g/mol. The van der Waals surface area contributed by atoms with E-state index in [0.717, 1.165) is 47.1 Å². The fourth-order valence-electron chi connectivity index (χ4n) is 2.11. The van der Waals surface area contributed by atoms with Crippen molar-refractivity contribution in [2.75, 3.05) is 17.7 Å². The third-order valence-electron chi connectivity index (χ3n) is 3.28. The van der Waals surface area contributed by atoms with E-state index in [1.165, 1.54) is 0 Å². The average Bonchev–Trinajstić information content (AvgIpc) is 2.45. The molecule has 0 aliphatic carbocycles. The summed E-state index contributed by atoms with van der Waals surface area (Å²) in [5.41, 5.74) is 2.97. The fourth-order valence-corrected chi connectivity index (χ4v) is 2.39. The summed E-state index contributed by atoms with van der Waals surface area (Å²) in [4.78, 5) is 9.13. The summed E-state index contributed by atoms with van der Waals surface area (Å²) >= 11 is 6.28. The Bertz CT molecular complexity index is 640. The van der Waals surface area contributed by atoms with Crippen molar-refractivity contribution in [2.45, 2.75) is 33.6 Å². The quantitative estimate of drug-likeness (QED) is 0.855. The summed E-state index contributed by atoms with van der Waals surface area (Å²) in [6.07, 6.45) is 1.86. The van der Waals surface area contributed by atoms with Gasteiger partial charge in [-0.05, 0) is 38.0 Å². The van der Waals surface area contributed by atoms with Crippen LogP contribution in [-0.4, -0.2) is 17.0 Å². The third kappa shape index (κ3) is 3.64. The van der Waals surface area contributed by atoms with Gasteiger partial charge in [0.05, 0.1) is 10.7 Å². The van der Waals surface area contributed by atoms with Crippen molar-refractivity contribution >= 4 is 28.9 Å². The Morgan fingerprint density at radius 3 is 2.48 bits per heavy atom. The topological polar surface area (TPSA) is 49.8 Å². The Hall–Kier alpha value is -1.81. The van der Waals surface area contributed by atoms with E-state index in [-0.39, 0.29) is 0 Å². The van der Waals surface area contributed by atoms with Crippen LogP contribution in [0.15, 0.2) is 18.2 Å². The van der Waals surface area contributed by atoms with Crippen molar-refractivity contribution in [3.8, 4) is 0 Å². The van der Waals surface area contributed by atoms with Crippen LogP contribution in [0.1, 0.15) is 30.3 Å². The second kappa shape index (κ2) is 6.76. The molecule has 5 heteroatoms. The van der Waals surface area contributed by atoms with E-state index in [9.17, 15) is 0 Å². The summed E-state index contributed by atoms with van der Waals surface area (Å²) in [6.45, 7) is 6.13. The molecule has 2 rings (SSSR count). The van der Waals surface area contributed by atoms with Gasteiger partial charge in [-0.3, -0.25) is 0 Å². The first-order chi connectivity index (χ1) is 10.0. The zero-order valence-corrected chi connectivity index (χ0v) is 13.7. The van der Waals surface area contributed by atoms with Gasteiger partial charge >= 0.3 is 0 Å². The van der Waals surface area contributed by atoms with Gasteiger partial charge in [-0.1, -0.05) is 24.6 Å². The second-order valence-electron chi connectivity index (χ2n) is 5.07. The van der Waals surface area contributed by atoms with E-state index in [0.29, 0.717) is 5.02 Å². The molecule has 0 aliphatic heterocycles. The van der Waals surface area contributed by atoms with Crippen LogP contribution in [0.5, 0.6) is 0 Å². The summed E-state index contributed by atoms with van der Waals surface area (Å²) in [6, 6.07) is 5.93. The molecule has 0 amide bonds. The summed E-state index contributed by atoms with van der Waals surface area (Å²) in [5.74, 6) is 2.47. The van der Waals surface area contributed by atoms with E-state index in [2.05, 4.69) is 27.5 Å². The number of nitrogens with one attached hydrogen (secondary N) is 2. The van der Waals surface area contributed by atoms with Crippen LogP contribution in [-0.2, 0) is 6.42 Å². The molecule has 0 fully saturated rings. The lowest BCUT2D eigenvalue weighted by atomic mass is 10.2. The number of anilines is 3. The lowest BCUT2D eigenvalue weighted by Gasteiger charge is -2.14. The SMILES string of the molecule is CCCc1nc(NC)c(C)c(Nc2ccc(C)cc2Cl)n1. The van der Waals surface area contributed by atoms with Crippen molar-refractivity contribution in [3.63, 3.8) is 0 Å². The smallest absolute Gasteiger partial charge is 0.139 e. The molecule has 1 aromatic carbocycles. The molecule has 4 nitrogen and oxygen atoms in total. The van der Waals surface area contributed by atoms with Crippen LogP contribution in [0.2, 0.25) is 5.02 Å². The predicted molar refractivity (Wildman–Crippen MR) is 89.8 cm³/mol. The highest BCUT2D eigenvalue weighted by Gasteiger charge is 2.11. The highest BCUT2D eigenvalue weighted by molar-refractivity contribution is 6.33. The van der Waals surface area contributed by atoms with Crippen LogP contribution in [0.25, 0.3) is 0 Å². The van der Waals surface area contributed by atoms with E-state index in [1.54, 1.807) is 0 Å². The van der Waals surface area contributed by atoms with Gasteiger partial charge in [0.15, 0.2) is 0 Å². The molecule has 0 spiro atoms. The number of aryl methyl sites for hydroxylation is 2. The lowest BCUT2D eigenvalue weighted by Crippen LogP contribution is -2.07. The van der Waals surface area contributed by atoms with Gasteiger partial charge in [-0.2, -0.15) is 0 Å². The van der Waals surface area contributed by atoms with E-state index >= 15 is 0 Å². The number of benzene rings is 1. The molecule has 0 unspecified atom stereocenters. The van der Waals surface area contributed by atoms with Crippen LogP contribution in [0, 0.1) is 13.8 Å². The van der Waals surface area contributed by atoms with Gasteiger partial charge in [0.25, 0.3) is 0 Å². The maximum atomic E-state index is 6.28. The lowest BCUT2D eigenvalue weighted by molar-refractivity contribution is 0.835. The van der Waals surface area contributed by atoms with Crippen LogP contribution >= 0.6 is 11.6 Å². The normalized spacial score (nSPS) is 10.5. The van der Waals surface area contributed by atoms with Gasteiger partial charge in [-0.25, -0.2) is 9.97 Å². The van der Waals surface area contributed by atoms with Crippen LogP contribution < -0.4 is 10.6 Å². The van der Waals surface area contributed by atoms with Crippen molar-refractivity contribution in [2.24, 2.45) is 0 Å². The number of halogens is 1. The summed E-state index contributed by atoms with van der Waals surface area (Å²) in [5, 5.41) is 7.13. The summed E-state index contributed by atoms with van der Waals surface area (Å²) in [7, 11) is 1.87. The van der Waals surface area contributed by atoms with Crippen LogP contribution in [0.3, 0.4) is 0 Å². The first-order valence-corrected chi connectivity index (χ1v) is 7.51. The second-order valence-corrected chi connectivity index (χ2v) is 5.48. The molecule has 1 heterocycles. The van der Waals surface area contributed by atoms with Crippen molar-refractivity contribution in [1.29, 1.82) is 0 Å². The van der Waals surface area contributed by atoms with Gasteiger partial charge in [-0.15, -0.1) is 0 Å². The maximum absolute atomic E-state index is 6.28. The Kier molecular flexibility index (Phi) is 5.02. The fraction of sp³-hybridized carbons (Fsp3) is 0.375. The van der Waals surface area contributed by atoms with E-state index in [1.807, 2.05) is 39.1 Å². The minimum absolute atomic E-state index is 0.691. The zero-order valence-electron chi connectivity index (χ0n) is 12.9. The Balaban J connectivity index is 2.40. The molecule has 21 heavy (non-hydrogen) atoms. The minimum Gasteiger partial charge on any atom is -0.373 e. The predicted octanol–water partition coefficient (Wildman–Crippen LogP) is 4.48. The first kappa shape index (κ1) is 15.6. The number of aromatic nitrogens is 2. The highest BCUT2D eigenvalue weighted by Crippen LogP contribution is 2.29. The standard InChI is InChI=1S/C16H21ClN4/c1-5-6-14-20-15(18-4)11(3)16(21-14)19-13-8-7-10(2)9-12(13)17/h7-9H,5-6H2,1-4H3,(H2,18,19,20,21). The number of hydrogen-bond donors (Lipinski definition) is 2. The molecule has 0 bridgehead atoms. The Morgan fingerprint density at radius 1 is 1.14 bits per heavy atom. The first-order valence-electron chi connectivity index (χ1n) is 7.13. The molecule has 2 N–H and O–H groups in total. The molecule has 1 aromatic heterocycles. The average molecular weight is 305 g/mol. The van der Waals surface area contributed by atoms with Crippen molar-refractivity contribution < 1.29 is 0 Å². The zero-order chi connectivity index (χ0) is 15.4. The molecule has 0 atom stereocenters. The highest BCUT2D eigenvalue weighted by atomic mass is 35.5. The Morgan fingerprint density at radius 2 is 1.86 bits per heavy atom. The molecule has 0 saturated heterocycles. The Labute approximate surface area is 131 Å². The molecule has 112 valence electrons. The van der Waals surface area contributed by atoms with Crippen molar-refractivity contribution in [3.05, 3.63) is 40.2 Å². The molecule has 2 aromatic rings. The number of nitrogens with zero attached hydrogens (tertiary/aromatic N) is 2. The number of hydrogen-bond acceptors (Lipinski definition) is 4. The van der Waals surface area contributed by atoms with Crippen LogP contribution in [0.4, 0.5) is 17.3 Å². The molecular weight excluding hydrogens is 284 g/mol. The number of rotatable bonds is 5. The van der Waals surface area contributed by atoms with Gasteiger partial charge in [0.2, 0.25) is 0 Å². The van der Waals surface area contributed by atoms with E-state index in [4.69, 9.17) is 11.6 Å². The molecule has 0 aliphatic rings. The van der Waals surface area contributed by atoms with Gasteiger partial charge in [0, 0.05) is 19.0 Å².